The standard InChI is InChI=1S/C15H23BrClN3/c1-3-19-6-7-20(10-11(19)2)15(9-18)13-8-12(16)4-5-14(13)17/h4-5,8,11,15H,3,6-7,9-10,18H2,1-2H3. The molecule has 112 valence electrons. The summed E-state index contributed by atoms with van der Waals surface area (Å²) in [5.74, 6) is 0. The first-order valence-electron chi connectivity index (χ1n) is 7.20. The number of hydrogen-bond donors (Lipinski definition) is 1. The van der Waals surface area contributed by atoms with Gasteiger partial charge in [0.25, 0.3) is 0 Å². The van der Waals surface area contributed by atoms with Gasteiger partial charge in [0.15, 0.2) is 0 Å². The molecule has 0 saturated carbocycles. The first kappa shape index (κ1) is 16.2. The van der Waals surface area contributed by atoms with Gasteiger partial charge in [0, 0.05) is 47.8 Å². The monoisotopic (exact) mass is 359 g/mol. The van der Waals surface area contributed by atoms with Crippen LogP contribution in [0.2, 0.25) is 5.02 Å². The van der Waals surface area contributed by atoms with Crippen LogP contribution in [0.25, 0.3) is 0 Å². The summed E-state index contributed by atoms with van der Waals surface area (Å²) in [5, 5.41) is 0.800. The lowest BCUT2D eigenvalue weighted by Gasteiger charge is -2.43. The van der Waals surface area contributed by atoms with Gasteiger partial charge >= 0.3 is 0 Å². The van der Waals surface area contributed by atoms with Crippen molar-refractivity contribution in [3.63, 3.8) is 0 Å². The molecule has 1 aromatic rings. The van der Waals surface area contributed by atoms with Crippen LogP contribution in [0, 0.1) is 0 Å². The van der Waals surface area contributed by atoms with E-state index in [1.165, 1.54) is 0 Å². The summed E-state index contributed by atoms with van der Waals surface area (Å²) >= 11 is 9.89. The van der Waals surface area contributed by atoms with Crippen molar-refractivity contribution >= 4 is 27.5 Å². The Labute approximate surface area is 135 Å². The van der Waals surface area contributed by atoms with Gasteiger partial charge in [-0.1, -0.05) is 34.5 Å². The highest BCUT2D eigenvalue weighted by atomic mass is 79.9. The van der Waals surface area contributed by atoms with Crippen LogP contribution < -0.4 is 5.73 Å². The third-order valence-electron chi connectivity index (χ3n) is 4.18. The van der Waals surface area contributed by atoms with Crippen LogP contribution in [0.15, 0.2) is 22.7 Å². The fourth-order valence-electron chi connectivity index (χ4n) is 3.02. The highest BCUT2D eigenvalue weighted by molar-refractivity contribution is 9.10. The smallest absolute Gasteiger partial charge is 0.0486 e. The second-order valence-electron chi connectivity index (χ2n) is 5.39. The molecule has 2 rings (SSSR count). The van der Waals surface area contributed by atoms with Crippen LogP contribution in [0.1, 0.15) is 25.5 Å². The highest BCUT2D eigenvalue weighted by Crippen LogP contribution is 2.31. The van der Waals surface area contributed by atoms with Crippen LogP contribution in [-0.2, 0) is 0 Å². The molecule has 1 saturated heterocycles. The molecule has 2 N–H and O–H groups in total. The molecule has 2 unspecified atom stereocenters. The molecule has 0 spiro atoms. The second kappa shape index (κ2) is 7.23. The predicted molar refractivity (Wildman–Crippen MR) is 89.2 cm³/mol. The van der Waals surface area contributed by atoms with Crippen molar-refractivity contribution in [2.45, 2.75) is 25.9 Å². The van der Waals surface area contributed by atoms with E-state index < -0.39 is 0 Å². The molecule has 0 aliphatic carbocycles. The molecule has 1 fully saturated rings. The molecule has 0 radical (unpaired) electrons. The number of hydrogen-bond acceptors (Lipinski definition) is 3. The Balaban J connectivity index is 2.18. The van der Waals surface area contributed by atoms with E-state index in [0.717, 1.165) is 41.2 Å². The minimum atomic E-state index is 0.196. The Kier molecular flexibility index (Phi) is 5.87. The van der Waals surface area contributed by atoms with E-state index >= 15 is 0 Å². The highest BCUT2D eigenvalue weighted by Gasteiger charge is 2.28. The molecule has 2 atom stereocenters. The average Bonchev–Trinajstić information content (AvgIpc) is 2.44. The number of nitrogens with two attached hydrogens (primary N) is 1. The lowest BCUT2D eigenvalue weighted by atomic mass is 10.0. The summed E-state index contributed by atoms with van der Waals surface area (Å²) in [7, 11) is 0. The molecule has 20 heavy (non-hydrogen) atoms. The summed E-state index contributed by atoms with van der Waals surface area (Å²) in [5.41, 5.74) is 7.16. The van der Waals surface area contributed by atoms with E-state index in [1.54, 1.807) is 0 Å². The van der Waals surface area contributed by atoms with Gasteiger partial charge in [0.1, 0.15) is 0 Å². The number of likely N-dealkylation sites (N-methyl/N-ethyl adjacent to an activating group) is 1. The molecular weight excluding hydrogens is 338 g/mol. The molecular formula is C15H23BrClN3. The summed E-state index contributed by atoms with van der Waals surface area (Å²) in [6.07, 6.45) is 0. The van der Waals surface area contributed by atoms with Gasteiger partial charge in [0.2, 0.25) is 0 Å². The van der Waals surface area contributed by atoms with Crippen molar-refractivity contribution in [3.8, 4) is 0 Å². The van der Waals surface area contributed by atoms with Gasteiger partial charge in [-0.15, -0.1) is 0 Å². The van der Waals surface area contributed by atoms with Gasteiger partial charge < -0.3 is 5.73 Å². The van der Waals surface area contributed by atoms with E-state index in [4.69, 9.17) is 17.3 Å². The minimum absolute atomic E-state index is 0.196. The lowest BCUT2D eigenvalue weighted by Crippen LogP contribution is -2.53. The Hall–Kier alpha value is -0.130. The maximum Gasteiger partial charge on any atom is 0.0486 e. The molecule has 0 amide bonds. The van der Waals surface area contributed by atoms with Crippen molar-refractivity contribution in [1.29, 1.82) is 0 Å². The summed E-state index contributed by atoms with van der Waals surface area (Å²) in [6.45, 7) is 9.39. The molecule has 5 heteroatoms. The van der Waals surface area contributed by atoms with Crippen molar-refractivity contribution in [2.24, 2.45) is 5.73 Å². The van der Waals surface area contributed by atoms with Crippen molar-refractivity contribution in [3.05, 3.63) is 33.3 Å². The molecule has 3 nitrogen and oxygen atoms in total. The first-order valence-corrected chi connectivity index (χ1v) is 8.37. The largest absolute Gasteiger partial charge is 0.329 e. The Morgan fingerprint density at radius 3 is 2.80 bits per heavy atom. The Bertz CT molecular complexity index is 455. The number of halogens is 2. The third kappa shape index (κ3) is 3.55. The SMILES string of the molecule is CCN1CCN(C(CN)c2cc(Br)ccc2Cl)CC1C. The zero-order chi connectivity index (χ0) is 14.7. The van der Waals surface area contributed by atoms with E-state index in [2.05, 4.69) is 45.6 Å². The normalized spacial score (nSPS) is 22.9. The van der Waals surface area contributed by atoms with Crippen LogP contribution in [0.5, 0.6) is 0 Å². The molecule has 0 aromatic heterocycles. The lowest BCUT2D eigenvalue weighted by molar-refractivity contribution is 0.0607. The van der Waals surface area contributed by atoms with E-state index in [1.807, 2.05) is 12.1 Å². The van der Waals surface area contributed by atoms with Crippen molar-refractivity contribution in [1.82, 2.24) is 9.80 Å². The fraction of sp³-hybridized carbons (Fsp3) is 0.600. The summed E-state index contributed by atoms with van der Waals surface area (Å²) < 4.78 is 1.05. The van der Waals surface area contributed by atoms with Crippen LogP contribution in [0.4, 0.5) is 0 Å². The van der Waals surface area contributed by atoms with E-state index in [-0.39, 0.29) is 6.04 Å². The summed E-state index contributed by atoms with van der Waals surface area (Å²) in [6, 6.07) is 6.76. The quantitative estimate of drug-likeness (QED) is 0.895. The topological polar surface area (TPSA) is 32.5 Å². The van der Waals surface area contributed by atoms with E-state index in [0.29, 0.717) is 12.6 Å². The fourth-order valence-corrected chi connectivity index (χ4v) is 3.64. The average molecular weight is 361 g/mol. The molecule has 1 aliphatic heterocycles. The predicted octanol–water partition coefficient (Wildman–Crippen LogP) is 3.13. The third-order valence-corrected chi connectivity index (χ3v) is 5.02. The van der Waals surface area contributed by atoms with Gasteiger partial charge in [0.05, 0.1) is 0 Å². The Morgan fingerprint density at radius 2 is 2.20 bits per heavy atom. The minimum Gasteiger partial charge on any atom is -0.329 e. The van der Waals surface area contributed by atoms with E-state index in [9.17, 15) is 0 Å². The van der Waals surface area contributed by atoms with Gasteiger partial charge in [-0.05, 0) is 37.2 Å². The number of rotatable bonds is 4. The first-order chi connectivity index (χ1) is 9.56. The van der Waals surface area contributed by atoms with Gasteiger partial charge in [-0.25, -0.2) is 0 Å². The maximum atomic E-state index is 6.37. The zero-order valence-electron chi connectivity index (χ0n) is 12.1. The van der Waals surface area contributed by atoms with Crippen LogP contribution in [0.3, 0.4) is 0 Å². The van der Waals surface area contributed by atoms with Crippen LogP contribution in [-0.4, -0.2) is 48.6 Å². The molecule has 1 heterocycles. The number of nitrogens with zero attached hydrogens (tertiary/aromatic N) is 2. The molecule has 1 aromatic carbocycles. The Morgan fingerprint density at radius 1 is 1.45 bits per heavy atom. The molecule has 0 bridgehead atoms. The van der Waals surface area contributed by atoms with Gasteiger partial charge in [-0.2, -0.15) is 0 Å². The zero-order valence-corrected chi connectivity index (χ0v) is 14.5. The maximum absolute atomic E-state index is 6.37. The second-order valence-corrected chi connectivity index (χ2v) is 6.71. The van der Waals surface area contributed by atoms with Crippen molar-refractivity contribution < 1.29 is 0 Å². The summed E-state index contributed by atoms with van der Waals surface area (Å²) in [4.78, 5) is 4.97. The van der Waals surface area contributed by atoms with Crippen molar-refractivity contribution in [2.75, 3.05) is 32.7 Å². The molecule has 1 aliphatic rings. The number of benzene rings is 1. The van der Waals surface area contributed by atoms with Crippen LogP contribution >= 0.6 is 27.5 Å². The van der Waals surface area contributed by atoms with Gasteiger partial charge in [-0.3, -0.25) is 9.80 Å². The number of piperazine rings is 1.